The first-order valence-corrected chi connectivity index (χ1v) is 17.0. The Hall–Kier alpha value is -2.36. The summed E-state index contributed by atoms with van der Waals surface area (Å²) < 4.78 is 6.54. The van der Waals surface area contributed by atoms with Crippen LogP contribution in [0.2, 0.25) is 0 Å². The number of carbonyl (C=O) groups excluding carboxylic acids is 3. The summed E-state index contributed by atoms with van der Waals surface area (Å²) in [6, 6.07) is 6.97. The zero-order valence-corrected chi connectivity index (χ0v) is 26.6. The summed E-state index contributed by atoms with van der Waals surface area (Å²) in [5.74, 6) is -1.07. The van der Waals surface area contributed by atoms with Gasteiger partial charge in [-0.05, 0) is 75.7 Å². The maximum absolute atomic E-state index is 14.2. The summed E-state index contributed by atoms with van der Waals surface area (Å²) in [5.41, 5.74) is -0.438. The Balaban J connectivity index is 1.39. The van der Waals surface area contributed by atoms with Gasteiger partial charge < -0.3 is 25.2 Å². The number of nitrogens with zero attached hydrogens (tertiary/aromatic N) is 2. The van der Waals surface area contributed by atoms with Crippen molar-refractivity contribution in [1.29, 1.82) is 0 Å². The molecular weight excluding hydrogens is 548 g/mol. The van der Waals surface area contributed by atoms with Crippen molar-refractivity contribution in [3.05, 3.63) is 36.4 Å². The molecule has 230 valence electrons. The van der Waals surface area contributed by atoms with Gasteiger partial charge in [0.1, 0.15) is 11.6 Å². The summed E-state index contributed by atoms with van der Waals surface area (Å²) in [5, 5.41) is 6.39. The van der Waals surface area contributed by atoms with E-state index in [1.54, 1.807) is 16.7 Å². The second-order valence-electron chi connectivity index (χ2n) is 12.8. The lowest BCUT2D eigenvalue weighted by atomic mass is 9.73. The molecule has 9 heteroatoms. The van der Waals surface area contributed by atoms with Gasteiger partial charge in [0.15, 0.2) is 0 Å². The van der Waals surface area contributed by atoms with E-state index < -0.39 is 29.6 Å². The molecule has 0 aromatic heterocycles. The number of nitrogens with one attached hydrogen (secondary N) is 2. The predicted octanol–water partition coefficient (Wildman–Crippen LogP) is 4.56. The molecule has 1 aromatic carbocycles. The summed E-state index contributed by atoms with van der Waals surface area (Å²) in [6.45, 7) is 8.94. The van der Waals surface area contributed by atoms with Crippen LogP contribution in [0.4, 0.5) is 5.69 Å². The number of ether oxygens (including phenoxy) is 1. The minimum Gasteiger partial charge on any atom is -0.359 e. The lowest BCUT2D eigenvalue weighted by Gasteiger charge is -2.38. The monoisotopic (exact) mass is 596 g/mol. The number of hydrogen-bond acceptors (Lipinski definition) is 6. The Morgan fingerprint density at radius 1 is 1.17 bits per heavy atom. The smallest absolute Gasteiger partial charge is 0.246 e. The van der Waals surface area contributed by atoms with E-state index in [2.05, 4.69) is 43.4 Å². The number of carbonyl (C=O) groups is 3. The SMILES string of the molecule is CCCCN(C)CCCN1C(=O)[C@@H]2[C@H](C(=O)Nc3cccc(SC)c3)[C@@H]3C=C[C@@]2(O3)[C@@H]1C(=O)N[C@@H]1CCC[C@H](C)[C@@H]1C. The molecule has 8 nitrogen and oxygen atoms in total. The fourth-order valence-electron chi connectivity index (χ4n) is 7.53. The van der Waals surface area contributed by atoms with E-state index in [1.807, 2.05) is 42.7 Å². The minimum absolute atomic E-state index is 0.0687. The molecule has 1 aliphatic carbocycles. The van der Waals surface area contributed by atoms with Gasteiger partial charge in [0.25, 0.3) is 0 Å². The van der Waals surface area contributed by atoms with Gasteiger partial charge in [-0.2, -0.15) is 0 Å². The Bertz CT molecular complexity index is 1190. The lowest BCUT2D eigenvalue weighted by Crippen LogP contribution is -2.58. The van der Waals surface area contributed by atoms with Crippen LogP contribution in [-0.2, 0) is 19.1 Å². The van der Waals surface area contributed by atoms with Crippen LogP contribution in [0.5, 0.6) is 0 Å². The molecule has 0 radical (unpaired) electrons. The number of thioether (sulfide) groups is 1. The highest BCUT2D eigenvalue weighted by Gasteiger charge is 2.72. The highest BCUT2D eigenvalue weighted by atomic mass is 32.2. The number of unbranched alkanes of at least 4 members (excludes halogenated alkanes) is 1. The number of amides is 3. The van der Waals surface area contributed by atoms with E-state index in [0.717, 1.165) is 50.1 Å². The standard InChI is InChI=1S/C33H48N4O4S/c1-6-7-17-36(4)18-10-19-37-29(31(39)35-25-14-8-11-21(2)22(25)3)33-16-15-26(41-33)27(28(33)32(37)40)30(38)34-23-12-9-13-24(20-23)42-5/h9,12-13,15-16,20-22,25-29H,6-8,10-11,14,17-19H2,1-5H3,(H,34,38)(H,35,39)/t21-,22-,25+,26-,27+,28-,29-,33-/m0/s1. The zero-order chi connectivity index (χ0) is 30.0. The van der Waals surface area contributed by atoms with Crippen molar-refractivity contribution in [3.63, 3.8) is 0 Å². The van der Waals surface area contributed by atoms with Crippen molar-refractivity contribution in [2.45, 2.75) is 88.0 Å². The third-order valence-corrected chi connectivity index (χ3v) is 10.9. The molecule has 1 saturated carbocycles. The second-order valence-corrected chi connectivity index (χ2v) is 13.7. The summed E-state index contributed by atoms with van der Waals surface area (Å²) in [7, 11) is 2.10. The molecule has 1 aromatic rings. The molecule has 2 bridgehead atoms. The quantitative estimate of drug-likeness (QED) is 0.272. The average molecular weight is 597 g/mol. The molecule has 2 saturated heterocycles. The zero-order valence-electron chi connectivity index (χ0n) is 25.8. The van der Waals surface area contributed by atoms with Crippen molar-refractivity contribution in [2.24, 2.45) is 23.7 Å². The molecule has 2 N–H and O–H groups in total. The van der Waals surface area contributed by atoms with Crippen LogP contribution in [0.3, 0.4) is 0 Å². The first-order valence-electron chi connectivity index (χ1n) is 15.8. The Kier molecular flexibility index (Phi) is 9.69. The van der Waals surface area contributed by atoms with Gasteiger partial charge in [0, 0.05) is 23.2 Å². The fraction of sp³-hybridized carbons (Fsp3) is 0.667. The predicted molar refractivity (Wildman–Crippen MR) is 167 cm³/mol. The molecule has 42 heavy (non-hydrogen) atoms. The van der Waals surface area contributed by atoms with E-state index in [9.17, 15) is 14.4 Å². The lowest BCUT2D eigenvalue weighted by molar-refractivity contribution is -0.141. The van der Waals surface area contributed by atoms with Crippen molar-refractivity contribution >= 4 is 35.2 Å². The number of likely N-dealkylation sites (tertiary alicyclic amines) is 1. The molecule has 3 amide bonds. The first-order chi connectivity index (χ1) is 20.2. The third kappa shape index (κ3) is 5.89. The maximum atomic E-state index is 14.2. The van der Waals surface area contributed by atoms with E-state index in [1.165, 1.54) is 6.42 Å². The van der Waals surface area contributed by atoms with Crippen molar-refractivity contribution in [1.82, 2.24) is 15.1 Å². The normalized spacial score (nSPS) is 33.3. The van der Waals surface area contributed by atoms with Gasteiger partial charge in [-0.1, -0.05) is 58.3 Å². The van der Waals surface area contributed by atoms with E-state index >= 15 is 0 Å². The van der Waals surface area contributed by atoms with Gasteiger partial charge >= 0.3 is 0 Å². The number of fused-ring (bicyclic) bond motifs is 1. The van der Waals surface area contributed by atoms with Crippen molar-refractivity contribution < 1.29 is 19.1 Å². The number of hydrogen-bond donors (Lipinski definition) is 2. The van der Waals surface area contributed by atoms with Crippen LogP contribution >= 0.6 is 11.8 Å². The van der Waals surface area contributed by atoms with Crippen LogP contribution in [0.15, 0.2) is 41.3 Å². The Morgan fingerprint density at radius 3 is 2.71 bits per heavy atom. The molecule has 1 spiro atoms. The van der Waals surface area contributed by atoms with Crippen LogP contribution in [-0.4, -0.2) is 84.2 Å². The highest BCUT2D eigenvalue weighted by Crippen LogP contribution is 2.55. The molecular formula is C33H48N4O4S. The molecule has 4 aliphatic rings. The Labute approximate surface area is 255 Å². The van der Waals surface area contributed by atoms with Gasteiger partial charge in [-0.3, -0.25) is 14.4 Å². The van der Waals surface area contributed by atoms with Gasteiger partial charge in [-0.25, -0.2) is 0 Å². The summed E-state index contributed by atoms with van der Waals surface area (Å²) >= 11 is 1.61. The molecule has 3 fully saturated rings. The molecule has 5 rings (SSSR count). The van der Waals surface area contributed by atoms with Gasteiger partial charge in [-0.15, -0.1) is 11.8 Å². The first kappa shape index (κ1) is 31.1. The average Bonchev–Trinajstić information content (AvgIpc) is 3.62. The molecule has 3 aliphatic heterocycles. The molecule has 0 unspecified atom stereocenters. The Morgan fingerprint density at radius 2 is 1.95 bits per heavy atom. The van der Waals surface area contributed by atoms with Gasteiger partial charge in [0.05, 0.1) is 17.9 Å². The number of benzene rings is 1. The second kappa shape index (κ2) is 13.1. The van der Waals surface area contributed by atoms with Crippen LogP contribution in [0.1, 0.15) is 59.3 Å². The van der Waals surface area contributed by atoms with E-state index in [4.69, 9.17) is 4.74 Å². The topological polar surface area (TPSA) is 91.0 Å². The highest BCUT2D eigenvalue weighted by molar-refractivity contribution is 7.98. The van der Waals surface area contributed by atoms with E-state index in [-0.39, 0.29) is 23.8 Å². The summed E-state index contributed by atoms with van der Waals surface area (Å²) in [6.07, 6.45) is 11.5. The van der Waals surface area contributed by atoms with Crippen LogP contribution in [0.25, 0.3) is 0 Å². The summed E-state index contributed by atoms with van der Waals surface area (Å²) in [4.78, 5) is 47.3. The molecule has 3 heterocycles. The number of anilines is 1. The van der Waals surface area contributed by atoms with E-state index in [0.29, 0.717) is 24.1 Å². The number of rotatable bonds is 12. The maximum Gasteiger partial charge on any atom is 0.246 e. The van der Waals surface area contributed by atoms with Crippen molar-refractivity contribution in [2.75, 3.05) is 38.3 Å². The van der Waals surface area contributed by atoms with Crippen LogP contribution < -0.4 is 10.6 Å². The minimum atomic E-state index is -1.13. The molecule has 8 atom stereocenters. The fourth-order valence-corrected chi connectivity index (χ4v) is 7.99. The largest absolute Gasteiger partial charge is 0.359 e. The van der Waals surface area contributed by atoms with Crippen molar-refractivity contribution in [3.8, 4) is 0 Å². The van der Waals surface area contributed by atoms with Gasteiger partial charge in [0.2, 0.25) is 17.7 Å². The van der Waals surface area contributed by atoms with Crippen LogP contribution in [0, 0.1) is 23.7 Å². The third-order valence-electron chi connectivity index (χ3n) is 10.1.